The number of para-hydroxylation sites is 2. The molecule has 2 aliphatic rings. The van der Waals surface area contributed by atoms with E-state index >= 15 is 0 Å². The van der Waals surface area contributed by atoms with E-state index in [0.29, 0.717) is 11.7 Å². The van der Waals surface area contributed by atoms with E-state index in [1.165, 1.54) is 0 Å². The third kappa shape index (κ3) is 5.61. The van der Waals surface area contributed by atoms with Crippen molar-refractivity contribution in [3.63, 3.8) is 0 Å². The normalized spacial score (nSPS) is 17.8. The zero-order chi connectivity index (χ0) is 22.3. The summed E-state index contributed by atoms with van der Waals surface area (Å²) in [4.78, 5) is 29.8. The van der Waals surface area contributed by atoms with Gasteiger partial charge >= 0.3 is 0 Å². The van der Waals surface area contributed by atoms with Crippen LogP contribution in [0.5, 0.6) is 5.75 Å². The average molecular weight is 436 g/mol. The topological polar surface area (TPSA) is 61.9 Å². The van der Waals surface area contributed by atoms with E-state index < -0.39 is 0 Å². The van der Waals surface area contributed by atoms with Crippen LogP contribution < -0.4 is 15.0 Å². The van der Waals surface area contributed by atoms with E-state index in [9.17, 15) is 9.59 Å². The number of anilines is 1. The van der Waals surface area contributed by atoms with Gasteiger partial charge in [-0.1, -0.05) is 37.3 Å². The van der Waals surface area contributed by atoms with Gasteiger partial charge in [0, 0.05) is 37.9 Å². The van der Waals surface area contributed by atoms with Gasteiger partial charge in [0.05, 0.1) is 5.56 Å². The third-order valence-corrected chi connectivity index (χ3v) is 6.52. The molecule has 2 heterocycles. The molecule has 2 amide bonds. The van der Waals surface area contributed by atoms with Crippen LogP contribution in [-0.2, 0) is 4.79 Å². The molecule has 170 valence electrons. The van der Waals surface area contributed by atoms with E-state index in [1.54, 1.807) is 0 Å². The summed E-state index contributed by atoms with van der Waals surface area (Å²) in [5.74, 6) is 1.44. The summed E-state index contributed by atoms with van der Waals surface area (Å²) in [7, 11) is 0. The van der Waals surface area contributed by atoms with E-state index in [1.807, 2.05) is 59.5 Å². The number of carbonyl (C=O) groups excluding carboxylic acids is 2. The second-order valence-corrected chi connectivity index (χ2v) is 8.92. The number of likely N-dealkylation sites (tertiary alicyclic amines) is 1. The van der Waals surface area contributed by atoms with Crippen LogP contribution >= 0.6 is 0 Å². The van der Waals surface area contributed by atoms with E-state index in [2.05, 4.69) is 17.1 Å². The van der Waals surface area contributed by atoms with Gasteiger partial charge < -0.3 is 19.9 Å². The minimum atomic E-state index is -0.0952. The molecule has 2 aromatic carbocycles. The largest absolute Gasteiger partial charge is 0.484 e. The van der Waals surface area contributed by atoms with Crippen LogP contribution in [0.15, 0.2) is 54.6 Å². The van der Waals surface area contributed by atoms with E-state index in [-0.39, 0.29) is 24.5 Å². The average Bonchev–Trinajstić information content (AvgIpc) is 2.84. The van der Waals surface area contributed by atoms with Gasteiger partial charge in [-0.3, -0.25) is 9.59 Å². The third-order valence-electron chi connectivity index (χ3n) is 6.52. The summed E-state index contributed by atoms with van der Waals surface area (Å²) in [6, 6.07) is 17.4. The Bertz CT molecular complexity index is 902. The Labute approximate surface area is 190 Å². The van der Waals surface area contributed by atoms with Crippen molar-refractivity contribution in [2.24, 2.45) is 5.92 Å². The molecule has 0 aromatic heterocycles. The fraction of sp³-hybridized carbons (Fsp3) is 0.462. The number of rotatable bonds is 6. The van der Waals surface area contributed by atoms with Gasteiger partial charge in [-0.05, 0) is 55.9 Å². The molecule has 1 N–H and O–H groups in total. The number of hydrogen-bond donors (Lipinski definition) is 1. The van der Waals surface area contributed by atoms with Crippen molar-refractivity contribution in [2.75, 3.05) is 37.7 Å². The van der Waals surface area contributed by atoms with Crippen molar-refractivity contribution in [3.05, 3.63) is 60.2 Å². The summed E-state index contributed by atoms with van der Waals surface area (Å²) in [5.41, 5.74) is 1.80. The molecule has 0 aliphatic carbocycles. The van der Waals surface area contributed by atoms with E-state index in [4.69, 9.17) is 4.74 Å². The van der Waals surface area contributed by atoms with Crippen molar-refractivity contribution in [2.45, 2.75) is 38.6 Å². The highest BCUT2D eigenvalue weighted by Gasteiger charge is 2.27. The lowest BCUT2D eigenvalue weighted by Crippen LogP contribution is -2.46. The second-order valence-electron chi connectivity index (χ2n) is 8.92. The minimum absolute atomic E-state index is 0.0238. The number of nitrogens with zero attached hydrogens (tertiary/aromatic N) is 2. The van der Waals surface area contributed by atoms with Crippen LogP contribution in [0.2, 0.25) is 0 Å². The van der Waals surface area contributed by atoms with Gasteiger partial charge in [-0.25, -0.2) is 0 Å². The Morgan fingerprint density at radius 1 is 0.906 bits per heavy atom. The lowest BCUT2D eigenvalue weighted by atomic mass is 9.98. The van der Waals surface area contributed by atoms with Gasteiger partial charge in [0.1, 0.15) is 5.75 Å². The van der Waals surface area contributed by atoms with Gasteiger partial charge in [-0.2, -0.15) is 0 Å². The van der Waals surface area contributed by atoms with Crippen LogP contribution in [0, 0.1) is 5.92 Å². The summed E-state index contributed by atoms with van der Waals surface area (Å²) in [6.07, 6.45) is 3.85. The number of piperidine rings is 2. The highest BCUT2D eigenvalue weighted by molar-refractivity contribution is 6.00. The monoisotopic (exact) mass is 435 g/mol. The maximum absolute atomic E-state index is 13.2. The molecule has 6 heteroatoms. The molecule has 4 rings (SSSR count). The quantitative estimate of drug-likeness (QED) is 0.751. The number of amides is 2. The van der Waals surface area contributed by atoms with Crippen LogP contribution in [0.1, 0.15) is 43.0 Å². The summed E-state index contributed by atoms with van der Waals surface area (Å²) < 4.78 is 5.54. The molecular weight excluding hydrogens is 402 g/mol. The first-order valence-corrected chi connectivity index (χ1v) is 11.7. The molecule has 2 saturated heterocycles. The Hall–Kier alpha value is -3.02. The van der Waals surface area contributed by atoms with E-state index in [0.717, 1.165) is 63.1 Å². The second kappa shape index (κ2) is 10.5. The zero-order valence-corrected chi connectivity index (χ0v) is 18.8. The van der Waals surface area contributed by atoms with Gasteiger partial charge in [0.15, 0.2) is 6.61 Å². The van der Waals surface area contributed by atoms with Crippen molar-refractivity contribution < 1.29 is 14.3 Å². The molecule has 0 radical (unpaired) electrons. The minimum Gasteiger partial charge on any atom is -0.484 e. The fourth-order valence-electron chi connectivity index (χ4n) is 4.51. The highest BCUT2D eigenvalue weighted by atomic mass is 16.5. The zero-order valence-electron chi connectivity index (χ0n) is 18.8. The summed E-state index contributed by atoms with van der Waals surface area (Å²) in [6.45, 7) is 5.58. The Morgan fingerprint density at radius 3 is 2.28 bits per heavy atom. The van der Waals surface area contributed by atoms with Crippen LogP contribution in [0.3, 0.4) is 0 Å². The molecule has 2 aliphatic heterocycles. The number of ether oxygens (including phenoxy) is 1. The molecule has 6 nitrogen and oxygen atoms in total. The Morgan fingerprint density at radius 2 is 1.56 bits per heavy atom. The first kappa shape index (κ1) is 22.2. The first-order valence-electron chi connectivity index (χ1n) is 11.7. The molecule has 0 spiro atoms. The van der Waals surface area contributed by atoms with Crippen molar-refractivity contribution in [1.29, 1.82) is 0 Å². The Kier molecular flexibility index (Phi) is 7.30. The fourth-order valence-corrected chi connectivity index (χ4v) is 4.51. The molecule has 0 bridgehead atoms. The number of nitrogens with one attached hydrogen (secondary N) is 1. The number of benzene rings is 2. The molecule has 32 heavy (non-hydrogen) atoms. The highest BCUT2D eigenvalue weighted by Crippen LogP contribution is 2.27. The van der Waals surface area contributed by atoms with Gasteiger partial charge in [0.25, 0.3) is 11.8 Å². The number of hydrogen-bond acceptors (Lipinski definition) is 4. The lowest BCUT2D eigenvalue weighted by molar-refractivity contribution is -0.123. The molecule has 0 unspecified atom stereocenters. The summed E-state index contributed by atoms with van der Waals surface area (Å²) in [5, 5.41) is 3.09. The predicted molar refractivity (Wildman–Crippen MR) is 126 cm³/mol. The van der Waals surface area contributed by atoms with Crippen molar-refractivity contribution >= 4 is 17.5 Å². The smallest absolute Gasteiger partial charge is 0.258 e. The number of carbonyl (C=O) groups is 2. The molecule has 2 aromatic rings. The molecular formula is C26H33N3O3. The van der Waals surface area contributed by atoms with Crippen LogP contribution in [0.4, 0.5) is 5.69 Å². The van der Waals surface area contributed by atoms with Crippen LogP contribution in [0.25, 0.3) is 0 Å². The molecule has 0 atom stereocenters. The standard InChI is InChI=1S/C26H33N3O3/c1-20-11-15-29(16-12-20)26(31)23-9-5-6-10-24(23)28-17-13-21(14-18-28)27-25(30)19-32-22-7-3-2-4-8-22/h2-10,20-21H,11-19H2,1H3,(H,27,30). The lowest BCUT2D eigenvalue weighted by Gasteiger charge is -2.36. The Balaban J connectivity index is 1.29. The maximum Gasteiger partial charge on any atom is 0.258 e. The van der Waals surface area contributed by atoms with Crippen molar-refractivity contribution in [1.82, 2.24) is 10.2 Å². The molecule has 0 saturated carbocycles. The predicted octanol–water partition coefficient (Wildman–Crippen LogP) is 3.72. The maximum atomic E-state index is 13.2. The SMILES string of the molecule is CC1CCN(C(=O)c2ccccc2N2CCC(NC(=O)COc3ccccc3)CC2)CC1. The van der Waals surface area contributed by atoms with Crippen LogP contribution in [-0.4, -0.2) is 55.5 Å². The first-order chi connectivity index (χ1) is 15.6. The van der Waals surface area contributed by atoms with Gasteiger partial charge in [-0.15, -0.1) is 0 Å². The van der Waals surface area contributed by atoms with Gasteiger partial charge in [0.2, 0.25) is 0 Å². The van der Waals surface area contributed by atoms with Crippen molar-refractivity contribution in [3.8, 4) is 5.75 Å². The molecule has 2 fully saturated rings. The summed E-state index contributed by atoms with van der Waals surface area (Å²) >= 11 is 0.